The molecule has 1 fully saturated rings. The Morgan fingerprint density at radius 1 is 1.62 bits per heavy atom. The SMILES string of the molecule is CSSCC1CCC(C(=O)O)CO1. The number of aliphatic carboxylic acids is 1. The fourth-order valence-corrected chi connectivity index (χ4v) is 2.69. The lowest BCUT2D eigenvalue weighted by Crippen LogP contribution is -2.31. The van der Waals surface area contributed by atoms with Gasteiger partial charge >= 0.3 is 5.97 Å². The van der Waals surface area contributed by atoms with Gasteiger partial charge in [0.2, 0.25) is 0 Å². The molecule has 0 aromatic carbocycles. The zero-order valence-corrected chi connectivity index (χ0v) is 9.20. The summed E-state index contributed by atoms with van der Waals surface area (Å²) in [5.41, 5.74) is 0. The summed E-state index contributed by atoms with van der Waals surface area (Å²) in [5.74, 6) is -0.0421. The molecule has 5 heteroatoms. The monoisotopic (exact) mass is 222 g/mol. The molecule has 1 N–H and O–H groups in total. The molecule has 0 aromatic rings. The quantitative estimate of drug-likeness (QED) is 0.736. The molecule has 0 aromatic heterocycles. The van der Waals surface area contributed by atoms with Crippen molar-refractivity contribution in [2.24, 2.45) is 5.92 Å². The molecule has 0 saturated carbocycles. The molecule has 1 heterocycles. The lowest BCUT2D eigenvalue weighted by Gasteiger charge is -2.26. The molecule has 13 heavy (non-hydrogen) atoms. The number of hydrogen-bond acceptors (Lipinski definition) is 4. The van der Waals surface area contributed by atoms with Crippen molar-refractivity contribution in [1.29, 1.82) is 0 Å². The number of carbonyl (C=O) groups is 1. The van der Waals surface area contributed by atoms with Crippen molar-refractivity contribution in [3.05, 3.63) is 0 Å². The third kappa shape index (κ3) is 3.79. The maximum Gasteiger partial charge on any atom is 0.308 e. The molecule has 0 radical (unpaired) electrons. The molecule has 3 nitrogen and oxygen atoms in total. The highest BCUT2D eigenvalue weighted by Crippen LogP contribution is 2.25. The van der Waals surface area contributed by atoms with Crippen LogP contribution in [0.2, 0.25) is 0 Å². The van der Waals surface area contributed by atoms with Crippen molar-refractivity contribution in [3.8, 4) is 0 Å². The van der Waals surface area contributed by atoms with Crippen molar-refractivity contribution in [1.82, 2.24) is 0 Å². The summed E-state index contributed by atoms with van der Waals surface area (Å²) in [6, 6.07) is 0. The zero-order valence-electron chi connectivity index (χ0n) is 7.56. The Balaban J connectivity index is 2.18. The Labute approximate surface area is 86.0 Å². The third-order valence-corrected chi connectivity index (χ3v) is 3.95. The maximum atomic E-state index is 10.6. The van der Waals surface area contributed by atoms with Crippen molar-refractivity contribution in [2.45, 2.75) is 18.9 Å². The maximum absolute atomic E-state index is 10.6. The van der Waals surface area contributed by atoms with E-state index in [1.165, 1.54) is 0 Å². The van der Waals surface area contributed by atoms with Crippen molar-refractivity contribution >= 4 is 27.6 Å². The Bertz CT molecular complexity index is 167. The Morgan fingerprint density at radius 3 is 2.85 bits per heavy atom. The first-order chi connectivity index (χ1) is 6.24. The normalized spacial score (nSPS) is 28.7. The molecule has 76 valence electrons. The largest absolute Gasteiger partial charge is 0.481 e. The molecule has 0 aliphatic carbocycles. The van der Waals surface area contributed by atoms with Crippen LogP contribution in [0.25, 0.3) is 0 Å². The number of carboxylic acid groups (broad SMARTS) is 1. The van der Waals surface area contributed by atoms with E-state index in [9.17, 15) is 4.79 Å². The van der Waals surface area contributed by atoms with E-state index in [1.54, 1.807) is 21.6 Å². The minimum atomic E-state index is -0.726. The molecular formula is C8H14O3S2. The van der Waals surface area contributed by atoms with E-state index >= 15 is 0 Å². The Kier molecular flexibility index (Phi) is 4.98. The topological polar surface area (TPSA) is 46.5 Å². The fraction of sp³-hybridized carbons (Fsp3) is 0.875. The molecule has 0 spiro atoms. The van der Waals surface area contributed by atoms with E-state index in [1.807, 2.05) is 6.26 Å². The van der Waals surface area contributed by atoms with E-state index < -0.39 is 5.97 Å². The second-order valence-corrected chi connectivity index (χ2v) is 5.63. The highest BCUT2D eigenvalue weighted by Gasteiger charge is 2.26. The van der Waals surface area contributed by atoms with Crippen LogP contribution in [-0.2, 0) is 9.53 Å². The Hall–Kier alpha value is 0.130. The van der Waals surface area contributed by atoms with Crippen LogP contribution in [0.1, 0.15) is 12.8 Å². The van der Waals surface area contributed by atoms with Gasteiger partial charge in [0.15, 0.2) is 0 Å². The van der Waals surface area contributed by atoms with Gasteiger partial charge in [0, 0.05) is 5.75 Å². The summed E-state index contributed by atoms with van der Waals surface area (Å²) in [6.45, 7) is 0.384. The molecule has 0 amide bonds. The van der Waals surface area contributed by atoms with E-state index in [-0.39, 0.29) is 12.0 Å². The number of carboxylic acids is 1. The van der Waals surface area contributed by atoms with Gasteiger partial charge in [-0.25, -0.2) is 0 Å². The standard InChI is InChI=1S/C8H14O3S2/c1-12-13-5-7-3-2-6(4-11-7)8(9)10/h6-7H,2-5H2,1H3,(H,9,10). The second kappa shape index (κ2) is 5.78. The second-order valence-electron chi connectivity index (χ2n) is 3.02. The highest BCUT2D eigenvalue weighted by molar-refractivity contribution is 8.76. The lowest BCUT2D eigenvalue weighted by atomic mass is 9.99. The lowest BCUT2D eigenvalue weighted by molar-refractivity contribution is -0.147. The summed E-state index contributed by atoms with van der Waals surface area (Å²) >= 11 is 0. The highest BCUT2D eigenvalue weighted by atomic mass is 33.1. The van der Waals surface area contributed by atoms with Gasteiger partial charge in [0.25, 0.3) is 0 Å². The first-order valence-corrected chi connectivity index (χ1v) is 6.96. The van der Waals surface area contributed by atoms with Gasteiger partial charge in [0.05, 0.1) is 18.6 Å². The molecule has 2 atom stereocenters. The molecule has 1 saturated heterocycles. The number of hydrogen-bond donors (Lipinski definition) is 1. The van der Waals surface area contributed by atoms with Crippen LogP contribution < -0.4 is 0 Å². The molecular weight excluding hydrogens is 208 g/mol. The minimum absolute atomic E-state index is 0.257. The van der Waals surface area contributed by atoms with Gasteiger partial charge in [0.1, 0.15) is 0 Å². The summed E-state index contributed by atoms with van der Waals surface area (Å²) < 4.78 is 5.44. The third-order valence-electron chi connectivity index (χ3n) is 2.09. The molecule has 1 aliphatic rings. The molecule has 1 rings (SSSR count). The van der Waals surface area contributed by atoms with Gasteiger partial charge in [-0.1, -0.05) is 21.6 Å². The average molecular weight is 222 g/mol. The van der Waals surface area contributed by atoms with Crippen molar-refractivity contribution in [3.63, 3.8) is 0 Å². The van der Waals surface area contributed by atoms with Gasteiger partial charge in [-0.15, -0.1) is 0 Å². The van der Waals surface area contributed by atoms with E-state index in [4.69, 9.17) is 9.84 Å². The molecule has 1 aliphatic heterocycles. The zero-order chi connectivity index (χ0) is 9.68. The molecule has 0 bridgehead atoms. The summed E-state index contributed by atoms with van der Waals surface area (Å²) in [7, 11) is 3.49. The van der Waals surface area contributed by atoms with Crippen molar-refractivity contribution < 1.29 is 14.6 Å². The van der Waals surface area contributed by atoms with Crippen LogP contribution >= 0.6 is 21.6 Å². The van der Waals surface area contributed by atoms with Gasteiger partial charge < -0.3 is 9.84 Å². The summed E-state index contributed by atoms with van der Waals surface area (Å²) in [4.78, 5) is 10.6. The van der Waals surface area contributed by atoms with Gasteiger partial charge in [-0.3, -0.25) is 4.79 Å². The average Bonchev–Trinajstić information content (AvgIpc) is 2.15. The minimum Gasteiger partial charge on any atom is -0.481 e. The number of ether oxygens (including phenoxy) is 1. The van der Waals surface area contributed by atoms with Crippen LogP contribution in [0.3, 0.4) is 0 Å². The van der Waals surface area contributed by atoms with Crippen LogP contribution in [0.15, 0.2) is 0 Å². The first kappa shape index (κ1) is 11.2. The van der Waals surface area contributed by atoms with Crippen LogP contribution in [0, 0.1) is 5.92 Å². The van der Waals surface area contributed by atoms with Crippen LogP contribution in [0.4, 0.5) is 0 Å². The van der Waals surface area contributed by atoms with Crippen LogP contribution in [0.5, 0.6) is 0 Å². The predicted molar refractivity (Wildman–Crippen MR) is 56.1 cm³/mol. The van der Waals surface area contributed by atoms with Crippen molar-refractivity contribution in [2.75, 3.05) is 18.6 Å². The smallest absolute Gasteiger partial charge is 0.308 e. The first-order valence-electron chi connectivity index (χ1n) is 4.24. The van der Waals surface area contributed by atoms with Gasteiger partial charge in [-0.2, -0.15) is 0 Å². The Morgan fingerprint density at radius 2 is 2.38 bits per heavy atom. The summed E-state index contributed by atoms with van der Waals surface area (Å²) in [6.07, 6.45) is 3.93. The number of rotatable bonds is 4. The van der Waals surface area contributed by atoms with E-state index in [0.29, 0.717) is 6.61 Å². The predicted octanol–water partition coefficient (Wildman–Crippen LogP) is 1.88. The summed E-state index contributed by atoms with van der Waals surface area (Å²) in [5, 5.41) is 8.71. The molecule has 2 unspecified atom stereocenters. The fourth-order valence-electron chi connectivity index (χ4n) is 1.28. The van der Waals surface area contributed by atoms with Crippen LogP contribution in [-0.4, -0.2) is 35.8 Å². The van der Waals surface area contributed by atoms with E-state index in [2.05, 4.69) is 0 Å². The van der Waals surface area contributed by atoms with Gasteiger partial charge in [-0.05, 0) is 19.1 Å². The van der Waals surface area contributed by atoms with E-state index in [0.717, 1.165) is 18.6 Å².